The molecular weight excluding hydrogens is 836 g/mol. The fraction of sp³-hybridized carbons (Fsp3) is 0. The van der Waals surface area contributed by atoms with Crippen LogP contribution >= 0.6 is 0 Å². The molecule has 0 amide bonds. The van der Waals surface area contributed by atoms with Gasteiger partial charge in [0.15, 0.2) is 0 Å². The van der Waals surface area contributed by atoms with E-state index in [4.69, 9.17) is 11.5 Å². The smallest absolute Gasteiger partial charge is 0.295 e. The quantitative estimate of drug-likeness (QED) is 0.0272. The van der Waals surface area contributed by atoms with Gasteiger partial charge in [0.05, 0.1) is 22.7 Å². The summed E-state index contributed by atoms with van der Waals surface area (Å²) in [7, 11) is -19.4. The molecule has 0 saturated heterocycles. The van der Waals surface area contributed by atoms with Crippen LogP contribution in [0.1, 0.15) is 11.1 Å². The van der Waals surface area contributed by atoms with Crippen molar-refractivity contribution in [3.63, 3.8) is 0 Å². The third-order valence-corrected chi connectivity index (χ3v) is 11.8. The minimum absolute atomic E-state index is 0. The van der Waals surface area contributed by atoms with E-state index >= 15 is 0 Å². The third kappa shape index (κ3) is 9.43. The Morgan fingerprint density at radius 2 is 0.737 bits per heavy atom. The summed E-state index contributed by atoms with van der Waals surface area (Å²) in [4.78, 5) is -2.41. The van der Waals surface area contributed by atoms with Gasteiger partial charge in [-0.1, -0.05) is 72.8 Å². The number of rotatable bonds is 10. The summed E-state index contributed by atoms with van der Waals surface area (Å²) in [6, 6.07) is 20.8. The van der Waals surface area contributed by atoms with Gasteiger partial charge < -0.3 is 11.5 Å². The van der Waals surface area contributed by atoms with Crippen LogP contribution in [-0.4, -0.2) is 81.4 Å². The monoisotopic (exact) mass is 861 g/mol. The number of hydrogen-bond acceptors (Lipinski definition) is 14. The van der Waals surface area contributed by atoms with E-state index in [1.54, 1.807) is 12.1 Å². The van der Waals surface area contributed by atoms with Crippen LogP contribution in [-0.2, 0) is 40.5 Å². The summed E-state index contributed by atoms with van der Waals surface area (Å²) in [6.07, 6.45) is 2.23. The normalized spacial score (nSPS) is 12.9. The van der Waals surface area contributed by atoms with Crippen LogP contribution in [0.25, 0.3) is 33.7 Å². The van der Waals surface area contributed by atoms with Crippen molar-refractivity contribution >= 4 is 138 Å². The SMILES string of the molecule is Nc1c(N=Nc2ccc(C=Cc3ccc(N=Nc4cc(S(=O)(=O)O)c5ccccc5c4N)cc3S(=O)(=O)O)c(S(=O)(=O)O)c2)cc(S(=O)(=O)O)c2ccccc12.[Na]. The molecule has 0 spiro atoms. The number of benzene rings is 6. The van der Waals surface area contributed by atoms with E-state index < -0.39 is 60.1 Å². The van der Waals surface area contributed by atoms with E-state index in [0.717, 1.165) is 36.4 Å². The predicted octanol–water partition coefficient (Wildman–Crippen LogP) is 6.76. The molecule has 6 rings (SSSR count). The molecule has 6 aromatic rings. The number of nitrogens with zero attached hydrogens (tertiary/aromatic N) is 4. The Balaban J connectivity index is 0.00000620. The van der Waals surface area contributed by atoms with Crippen LogP contribution in [0, 0.1) is 0 Å². The molecule has 8 N–H and O–H groups in total. The van der Waals surface area contributed by atoms with Gasteiger partial charge in [0, 0.05) is 51.1 Å². The Labute approximate surface area is 347 Å². The van der Waals surface area contributed by atoms with Crippen molar-refractivity contribution in [3.05, 3.63) is 108 Å². The number of azo groups is 2. The Kier molecular flexibility index (Phi) is 12.2. The summed E-state index contributed by atoms with van der Waals surface area (Å²) < 4.78 is 137. The largest absolute Gasteiger partial charge is 0.396 e. The second-order valence-electron chi connectivity index (χ2n) is 11.8. The van der Waals surface area contributed by atoms with Crippen LogP contribution in [0.3, 0.4) is 0 Å². The molecule has 0 fully saturated rings. The first kappa shape index (κ1) is 43.1. The summed E-state index contributed by atoms with van der Waals surface area (Å²) in [5, 5.41) is 16.4. The molecule has 0 unspecified atom stereocenters. The van der Waals surface area contributed by atoms with Crippen molar-refractivity contribution in [1.29, 1.82) is 0 Å². The Morgan fingerprint density at radius 1 is 0.421 bits per heavy atom. The van der Waals surface area contributed by atoms with Crippen molar-refractivity contribution in [2.24, 2.45) is 20.5 Å². The van der Waals surface area contributed by atoms with Crippen LogP contribution in [0.15, 0.2) is 137 Å². The average molecular weight is 862 g/mol. The van der Waals surface area contributed by atoms with Gasteiger partial charge in [-0.05, 0) is 47.5 Å². The topological polar surface area (TPSA) is 319 Å². The van der Waals surface area contributed by atoms with Gasteiger partial charge in [0.2, 0.25) is 0 Å². The molecule has 57 heavy (non-hydrogen) atoms. The number of nitrogens with two attached hydrogens (primary N) is 2. The van der Waals surface area contributed by atoms with E-state index in [2.05, 4.69) is 20.5 Å². The van der Waals surface area contributed by atoms with Gasteiger partial charge in [0.25, 0.3) is 40.5 Å². The predicted molar refractivity (Wildman–Crippen MR) is 212 cm³/mol. The zero-order valence-electron chi connectivity index (χ0n) is 29.0. The van der Waals surface area contributed by atoms with Gasteiger partial charge in [-0.3, -0.25) is 18.2 Å². The fourth-order valence-corrected chi connectivity index (χ4v) is 8.43. The zero-order valence-corrected chi connectivity index (χ0v) is 34.3. The van der Waals surface area contributed by atoms with Gasteiger partial charge in [-0.25, -0.2) is 0 Å². The van der Waals surface area contributed by atoms with E-state index in [0.29, 0.717) is 0 Å². The summed E-state index contributed by atoms with van der Waals surface area (Å²) in [5.41, 5.74) is 11.3. The summed E-state index contributed by atoms with van der Waals surface area (Å²) >= 11 is 0. The average Bonchev–Trinajstić information content (AvgIpc) is 3.12. The number of anilines is 2. The molecule has 0 atom stereocenters. The Bertz CT molecular complexity index is 2960. The molecule has 0 heterocycles. The minimum atomic E-state index is -4.96. The molecule has 6 aromatic carbocycles. The van der Waals surface area contributed by atoms with E-state index in [9.17, 15) is 51.9 Å². The van der Waals surface area contributed by atoms with Gasteiger partial charge in [-0.2, -0.15) is 43.9 Å². The van der Waals surface area contributed by atoms with Crippen molar-refractivity contribution in [3.8, 4) is 0 Å². The molecule has 18 nitrogen and oxygen atoms in total. The maximum absolute atomic E-state index is 12.4. The number of fused-ring (bicyclic) bond motifs is 2. The molecule has 0 aliphatic carbocycles. The first-order valence-electron chi connectivity index (χ1n) is 15.4. The third-order valence-electron chi connectivity index (χ3n) is 8.15. The number of hydrogen-bond donors (Lipinski definition) is 6. The Morgan fingerprint density at radius 3 is 1.05 bits per heavy atom. The van der Waals surface area contributed by atoms with Gasteiger partial charge in [-0.15, -0.1) is 10.2 Å². The van der Waals surface area contributed by atoms with Crippen molar-refractivity contribution in [2.45, 2.75) is 19.6 Å². The molecule has 289 valence electrons. The molecule has 0 aliphatic heterocycles. The van der Waals surface area contributed by atoms with Gasteiger partial charge in [0.1, 0.15) is 31.0 Å². The van der Waals surface area contributed by atoms with Crippen molar-refractivity contribution in [2.75, 3.05) is 11.5 Å². The van der Waals surface area contributed by atoms with E-state index in [-0.39, 0.29) is 96.4 Å². The molecule has 0 aliphatic rings. The van der Waals surface area contributed by atoms with E-state index in [1.165, 1.54) is 60.7 Å². The van der Waals surface area contributed by atoms with Crippen LogP contribution in [0.2, 0.25) is 0 Å². The molecule has 23 heteroatoms. The van der Waals surface area contributed by atoms with Crippen LogP contribution < -0.4 is 11.5 Å². The van der Waals surface area contributed by atoms with Crippen molar-refractivity contribution < 1.29 is 51.9 Å². The first-order valence-corrected chi connectivity index (χ1v) is 21.2. The first-order chi connectivity index (χ1) is 26.1. The van der Waals surface area contributed by atoms with Crippen molar-refractivity contribution in [1.82, 2.24) is 0 Å². The fourth-order valence-electron chi connectivity index (χ4n) is 5.59. The van der Waals surface area contributed by atoms with Gasteiger partial charge >= 0.3 is 0 Å². The summed E-state index contributed by atoms with van der Waals surface area (Å²) in [5.74, 6) is 0. The Hall–Kier alpha value is -4.98. The van der Waals surface area contributed by atoms with Crippen LogP contribution in [0.5, 0.6) is 0 Å². The summed E-state index contributed by atoms with van der Waals surface area (Å²) in [6.45, 7) is 0. The molecule has 0 aromatic heterocycles. The maximum atomic E-state index is 12.4. The second kappa shape index (κ2) is 16.1. The minimum Gasteiger partial charge on any atom is -0.396 e. The molecule has 0 saturated carbocycles. The molecular formula is C34H26N6NaO12S4. The molecule has 0 bridgehead atoms. The second-order valence-corrected chi connectivity index (χ2v) is 17.3. The zero-order chi connectivity index (χ0) is 40.8. The van der Waals surface area contributed by atoms with E-state index in [1.807, 2.05) is 0 Å². The standard InChI is InChI=1S/C34H26N6O12S4.Na/c35-33-25-7-3-1-5-23(25)31(55(47,48)49)17-27(33)39-37-21-13-11-19(29(15-21)53(41,42)43)9-10-20-12-14-22(16-30(20)54(44,45)46)38-40-28-18-32(56(50,51)52)24-6-2-4-8-26(24)34(28)36;/h1-18H,35-36H2,(H,41,42,43)(H,44,45,46)(H,47,48,49)(H,50,51,52);. The van der Waals surface area contributed by atoms with Crippen LogP contribution in [0.4, 0.5) is 34.1 Å². The maximum Gasteiger partial charge on any atom is 0.295 e. The number of nitrogen functional groups attached to an aromatic ring is 2. The molecule has 1 radical (unpaired) electrons.